The summed E-state index contributed by atoms with van der Waals surface area (Å²) >= 11 is 5.37. The summed E-state index contributed by atoms with van der Waals surface area (Å²) in [5.41, 5.74) is -0.415. The third-order valence-corrected chi connectivity index (χ3v) is 6.38. The topological polar surface area (TPSA) is 41.6 Å². The van der Waals surface area contributed by atoms with Crippen LogP contribution in [0.3, 0.4) is 0 Å². The van der Waals surface area contributed by atoms with Gasteiger partial charge in [0.25, 0.3) is 0 Å². The smallest absolute Gasteiger partial charge is 0.410 e. The highest BCUT2D eigenvalue weighted by Gasteiger charge is 2.57. The molecule has 1 aromatic rings. The van der Waals surface area contributed by atoms with Crippen LogP contribution in [-0.4, -0.2) is 35.7 Å². The van der Waals surface area contributed by atoms with Crippen LogP contribution in [0.15, 0.2) is 15.9 Å². The Kier molecular flexibility index (Phi) is 4.29. The second-order valence-corrected chi connectivity index (χ2v) is 9.06. The number of nitrogens with zero attached hydrogens (tertiary/aromatic N) is 1. The Hall–Kier alpha value is -0.590. The van der Waals surface area contributed by atoms with Crippen LogP contribution in [0.25, 0.3) is 0 Å². The fraction of sp³-hybridized carbons (Fsp3) is 0.688. The molecule has 6 heteroatoms. The van der Waals surface area contributed by atoms with Gasteiger partial charge in [0.1, 0.15) is 5.60 Å². The lowest BCUT2D eigenvalue weighted by molar-refractivity contribution is 0.0269. The Morgan fingerprint density at radius 2 is 2.09 bits per heavy atom. The first-order valence-electron chi connectivity index (χ1n) is 7.73. The van der Waals surface area contributed by atoms with E-state index >= 15 is 0 Å². The van der Waals surface area contributed by atoms with Gasteiger partial charge in [-0.15, -0.1) is 11.3 Å². The zero-order valence-corrected chi connectivity index (χ0v) is 15.8. The lowest BCUT2D eigenvalue weighted by atomic mass is 10.2. The molecule has 1 saturated heterocycles. The molecule has 122 valence electrons. The summed E-state index contributed by atoms with van der Waals surface area (Å²) in [6.45, 7) is 9.56. The minimum absolute atomic E-state index is 0.174. The normalized spacial score (nSPS) is 28.4. The van der Waals surface area contributed by atoms with Gasteiger partial charge in [-0.05, 0) is 66.9 Å². The van der Waals surface area contributed by atoms with Crippen molar-refractivity contribution in [3.05, 3.63) is 20.8 Å². The molecule has 3 atom stereocenters. The molecule has 1 aliphatic carbocycles. The Morgan fingerprint density at radius 1 is 1.45 bits per heavy atom. The van der Waals surface area contributed by atoms with E-state index in [1.54, 1.807) is 11.3 Å². The highest BCUT2D eigenvalue weighted by Crippen LogP contribution is 2.47. The number of carbonyl (C=O) groups is 1. The van der Waals surface area contributed by atoms with Crippen molar-refractivity contribution in [3.8, 4) is 0 Å². The lowest BCUT2D eigenvalue weighted by Gasteiger charge is -2.26. The first-order chi connectivity index (χ1) is 10.3. The van der Waals surface area contributed by atoms with E-state index in [1.807, 2.05) is 25.7 Å². The maximum atomic E-state index is 12.1. The predicted octanol–water partition coefficient (Wildman–Crippen LogP) is 4.03. The third kappa shape index (κ3) is 3.34. The van der Waals surface area contributed by atoms with Gasteiger partial charge >= 0.3 is 6.09 Å². The van der Waals surface area contributed by atoms with Crippen LogP contribution in [-0.2, 0) is 4.74 Å². The van der Waals surface area contributed by atoms with Crippen molar-refractivity contribution in [1.29, 1.82) is 0 Å². The number of rotatable bonds is 3. The molecule has 3 rings (SSSR count). The Bertz CT molecular complexity index is 557. The summed E-state index contributed by atoms with van der Waals surface area (Å²) in [5, 5.41) is 5.82. The van der Waals surface area contributed by atoms with Crippen LogP contribution in [0.2, 0.25) is 0 Å². The molecule has 2 fully saturated rings. The first kappa shape index (κ1) is 16.3. The minimum Gasteiger partial charge on any atom is -0.444 e. The number of fused-ring (bicyclic) bond motifs is 1. The molecule has 0 spiro atoms. The second kappa shape index (κ2) is 5.80. The van der Waals surface area contributed by atoms with Gasteiger partial charge in [0, 0.05) is 34.5 Å². The summed E-state index contributed by atoms with van der Waals surface area (Å²) in [5.74, 6) is 1.16. The minimum atomic E-state index is -0.415. The highest BCUT2D eigenvalue weighted by molar-refractivity contribution is 9.10. The van der Waals surface area contributed by atoms with Crippen molar-refractivity contribution >= 4 is 33.4 Å². The lowest BCUT2D eigenvalue weighted by Crippen LogP contribution is -2.39. The monoisotopic (exact) mass is 386 g/mol. The molecule has 1 amide bonds. The molecular weight excluding hydrogens is 364 g/mol. The quantitative estimate of drug-likeness (QED) is 0.852. The molecule has 2 heterocycles. The molecule has 0 aromatic carbocycles. The van der Waals surface area contributed by atoms with E-state index < -0.39 is 5.60 Å². The number of amides is 1. The first-order valence-corrected chi connectivity index (χ1v) is 9.40. The molecule has 4 nitrogen and oxygen atoms in total. The molecular formula is C16H23BrN2O2S. The van der Waals surface area contributed by atoms with E-state index in [9.17, 15) is 4.79 Å². The zero-order valence-electron chi connectivity index (χ0n) is 13.4. The summed E-state index contributed by atoms with van der Waals surface area (Å²) in [6.07, 6.45) is -0.174. The fourth-order valence-electron chi connectivity index (χ4n) is 3.23. The molecule has 2 aliphatic rings. The maximum absolute atomic E-state index is 12.1. The van der Waals surface area contributed by atoms with Gasteiger partial charge < -0.3 is 15.0 Å². The van der Waals surface area contributed by atoms with Crippen LogP contribution in [0.5, 0.6) is 0 Å². The number of carbonyl (C=O) groups excluding carboxylic acids is 1. The predicted molar refractivity (Wildman–Crippen MR) is 92.1 cm³/mol. The molecule has 1 aromatic heterocycles. The van der Waals surface area contributed by atoms with E-state index in [0.717, 1.165) is 13.1 Å². The number of ether oxygens (including phenoxy) is 1. The largest absolute Gasteiger partial charge is 0.444 e. The van der Waals surface area contributed by atoms with Crippen molar-refractivity contribution < 1.29 is 9.53 Å². The third-order valence-electron chi connectivity index (χ3n) is 4.33. The molecule has 0 radical (unpaired) electrons. The Morgan fingerprint density at radius 3 is 2.59 bits per heavy atom. The van der Waals surface area contributed by atoms with Gasteiger partial charge in [-0.3, -0.25) is 0 Å². The SMILES string of the molecule is CC(NC1C2CN(C(=O)OC(C)(C)C)CC21)c1sccc1Br. The van der Waals surface area contributed by atoms with Crippen LogP contribution >= 0.6 is 27.3 Å². The molecule has 0 bridgehead atoms. The van der Waals surface area contributed by atoms with E-state index in [4.69, 9.17) is 4.74 Å². The Labute approximate surface area is 144 Å². The fourth-order valence-corrected chi connectivity index (χ4v) is 4.96. The van der Waals surface area contributed by atoms with Crippen molar-refractivity contribution in [1.82, 2.24) is 10.2 Å². The van der Waals surface area contributed by atoms with Crippen molar-refractivity contribution in [2.45, 2.75) is 45.4 Å². The average molecular weight is 387 g/mol. The van der Waals surface area contributed by atoms with Crippen molar-refractivity contribution in [3.63, 3.8) is 0 Å². The molecule has 1 aliphatic heterocycles. The van der Waals surface area contributed by atoms with E-state index in [-0.39, 0.29) is 6.09 Å². The van der Waals surface area contributed by atoms with Gasteiger partial charge in [-0.2, -0.15) is 0 Å². The van der Waals surface area contributed by atoms with E-state index in [0.29, 0.717) is 23.9 Å². The molecule has 1 saturated carbocycles. The second-order valence-electron chi connectivity index (χ2n) is 7.26. The van der Waals surface area contributed by atoms with Crippen LogP contribution in [0, 0.1) is 11.8 Å². The van der Waals surface area contributed by atoms with Gasteiger partial charge in [-0.25, -0.2) is 4.79 Å². The highest BCUT2D eigenvalue weighted by atomic mass is 79.9. The molecule has 22 heavy (non-hydrogen) atoms. The number of hydrogen-bond donors (Lipinski definition) is 1. The summed E-state index contributed by atoms with van der Waals surface area (Å²) < 4.78 is 6.62. The molecule has 3 unspecified atom stereocenters. The van der Waals surface area contributed by atoms with Gasteiger partial charge in [0.2, 0.25) is 0 Å². The van der Waals surface area contributed by atoms with E-state index in [1.165, 1.54) is 9.35 Å². The summed E-state index contributed by atoms with van der Waals surface area (Å²) in [4.78, 5) is 15.3. The maximum Gasteiger partial charge on any atom is 0.410 e. The van der Waals surface area contributed by atoms with Crippen molar-refractivity contribution in [2.75, 3.05) is 13.1 Å². The van der Waals surface area contributed by atoms with Gasteiger partial charge in [-0.1, -0.05) is 0 Å². The number of halogens is 1. The molecule has 1 N–H and O–H groups in total. The summed E-state index contributed by atoms with van der Waals surface area (Å²) in [6, 6.07) is 2.97. The zero-order chi connectivity index (χ0) is 16.1. The van der Waals surface area contributed by atoms with Gasteiger partial charge in [0.05, 0.1) is 0 Å². The van der Waals surface area contributed by atoms with Crippen LogP contribution < -0.4 is 5.32 Å². The number of likely N-dealkylation sites (tertiary alicyclic amines) is 1. The van der Waals surface area contributed by atoms with Crippen molar-refractivity contribution in [2.24, 2.45) is 11.8 Å². The average Bonchev–Trinajstić information content (AvgIpc) is 2.82. The number of thiophene rings is 1. The Balaban J connectivity index is 1.49. The van der Waals surface area contributed by atoms with E-state index in [2.05, 4.69) is 39.6 Å². The number of hydrogen-bond acceptors (Lipinski definition) is 4. The van der Waals surface area contributed by atoms with Crippen LogP contribution in [0.1, 0.15) is 38.6 Å². The van der Waals surface area contributed by atoms with Crippen LogP contribution in [0.4, 0.5) is 4.79 Å². The number of nitrogens with one attached hydrogen (secondary N) is 1. The van der Waals surface area contributed by atoms with Gasteiger partial charge in [0.15, 0.2) is 0 Å². The summed E-state index contributed by atoms with van der Waals surface area (Å²) in [7, 11) is 0. The number of piperidine rings is 1. The standard InChI is InChI=1S/C16H23BrN2O2S/c1-9(14-12(17)5-6-22-14)18-13-10-7-19(8-11(10)13)15(20)21-16(2,3)4/h5-6,9-11,13,18H,7-8H2,1-4H3.